The molecule has 3 aromatic heterocycles. The number of H-pyrrole nitrogens is 1. The lowest BCUT2D eigenvalue weighted by Gasteiger charge is -2.02. The number of aryl methyl sites for hydroxylation is 1. The third-order valence-corrected chi connectivity index (χ3v) is 2.25. The summed E-state index contributed by atoms with van der Waals surface area (Å²) >= 11 is 5.81. The fraction of sp³-hybridized carbons (Fsp3) is 0.111. The van der Waals surface area contributed by atoms with Crippen molar-refractivity contribution in [1.29, 1.82) is 0 Å². The SMILES string of the molecule is Cc1cc(Oc2nc(Cl)nc(-n3cncn3)n2)n[nH]1. The van der Waals surface area contributed by atoms with E-state index in [1.54, 1.807) is 6.07 Å². The largest absolute Gasteiger partial charge is 0.403 e. The van der Waals surface area contributed by atoms with E-state index in [9.17, 15) is 0 Å². The highest BCUT2D eigenvalue weighted by atomic mass is 35.5. The van der Waals surface area contributed by atoms with Gasteiger partial charge in [0.05, 0.1) is 0 Å². The third kappa shape index (κ3) is 2.50. The molecule has 0 aromatic carbocycles. The van der Waals surface area contributed by atoms with Gasteiger partial charge >= 0.3 is 6.01 Å². The summed E-state index contributed by atoms with van der Waals surface area (Å²) in [5.41, 5.74) is 0.853. The van der Waals surface area contributed by atoms with E-state index >= 15 is 0 Å². The molecule has 0 atom stereocenters. The zero-order valence-electron chi connectivity index (χ0n) is 9.65. The highest BCUT2D eigenvalue weighted by molar-refractivity contribution is 6.28. The molecule has 0 saturated carbocycles. The van der Waals surface area contributed by atoms with Crippen LogP contribution in [0.15, 0.2) is 18.7 Å². The first-order valence-corrected chi connectivity index (χ1v) is 5.55. The highest BCUT2D eigenvalue weighted by Gasteiger charge is 2.10. The fourth-order valence-corrected chi connectivity index (χ4v) is 1.47. The average Bonchev–Trinajstić information content (AvgIpc) is 3.00. The van der Waals surface area contributed by atoms with Crippen LogP contribution in [0.25, 0.3) is 5.95 Å². The molecule has 0 unspecified atom stereocenters. The number of aromatic nitrogens is 8. The molecule has 0 spiro atoms. The number of hydrogen-bond donors (Lipinski definition) is 1. The Morgan fingerprint density at radius 3 is 2.89 bits per heavy atom. The van der Waals surface area contributed by atoms with Gasteiger partial charge in [-0.25, -0.2) is 4.98 Å². The van der Waals surface area contributed by atoms with Gasteiger partial charge in [0.25, 0.3) is 5.95 Å². The topological polar surface area (TPSA) is 107 Å². The van der Waals surface area contributed by atoms with E-state index in [0.717, 1.165) is 5.69 Å². The lowest BCUT2D eigenvalue weighted by atomic mass is 10.5. The van der Waals surface area contributed by atoms with E-state index in [-0.39, 0.29) is 17.2 Å². The van der Waals surface area contributed by atoms with E-state index in [1.807, 2.05) is 6.92 Å². The summed E-state index contributed by atoms with van der Waals surface area (Å²) in [5, 5.41) is 10.5. The molecule has 0 fully saturated rings. The average molecular weight is 279 g/mol. The smallest absolute Gasteiger partial charge is 0.329 e. The first kappa shape index (κ1) is 11.5. The van der Waals surface area contributed by atoms with E-state index in [1.165, 1.54) is 17.3 Å². The molecule has 9 nitrogen and oxygen atoms in total. The number of ether oxygens (including phenoxy) is 1. The number of nitrogens with zero attached hydrogens (tertiary/aromatic N) is 7. The Morgan fingerprint density at radius 1 is 1.32 bits per heavy atom. The van der Waals surface area contributed by atoms with Crippen LogP contribution in [-0.2, 0) is 0 Å². The zero-order chi connectivity index (χ0) is 13.2. The van der Waals surface area contributed by atoms with Crippen LogP contribution in [0.3, 0.4) is 0 Å². The molecule has 3 rings (SSSR count). The molecule has 0 aliphatic rings. The second-order valence-corrected chi connectivity index (χ2v) is 3.86. The standard InChI is InChI=1S/C9H7ClN8O/c1-5-2-6(17-16-5)19-9-14-7(10)13-8(15-9)18-4-11-3-12-18/h2-4H,1H3,(H,16,17). The minimum Gasteiger partial charge on any atom is -0.403 e. The van der Waals surface area contributed by atoms with Gasteiger partial charge in [-0.15, -0.1) is 5.10 Å². The number of hydrogen-bond acceptors (Lipinski definition) is 7. The van der Waals surface area contributed by atoms with Crippen molar-refractivity contribution in [3.63, 3.8) is 0 Å². The molecule has 0 aliphatic heterocycles. The van der Waals surface area contributed by atoms with Crippen LogP contribution in [0, 0.1) is 6.92 Å². The van der Waals surface area contributed by atoms with Crippen LogP contribution in [0.5, 0.6) is 11.9 Å². The number of nitrogens with one attached hydrogen (secondary N) is 1. The summed E-state index contributed by atoms with van der Waals surface area (Å²) in [6.45, 7) is 1.85. The quantitative estimate of drug-likeness (QED) is 0.759. The Hall–Kier alpha value is -2.55. The Labute approximate surface area is 111 Å². The lowest BCUT2D eigenvalue weighted by Crippen LogP contribution is -2.05. The zero-order valence-corrected chi connectivity index (χ0v) is 10.4. The van der Waals surface area contributed by atoms with Gasteiger partial charge in [-0.3, -0.25) is 5.10 Å². The van der Waals surface area contributed by atoms with Crippen LogP contribution in [-0.4, -0.2) is 39.9 Å². The second-order valence-electron chi connectivity index (χ2n) is 3.52. The summed E-state index contributed by atoms with van der Waals surface area (Å²) < 4.78 is 6.71. The Balaban J connectivity index is 1.94. The van der Waals surface area contributed by atoms with Gasteiger partial charge in [0, 0.05) is 11.8 Å². The van der Waals surface area contributed by atoms with Gasteiger partial charge in [0.2, 0.25) is 11.2 Å². The molecular weight excluding hydrogens is 272 g/mol. The van der Waals surface area contributed by atoms with Crippen LogP contribution < -0.4 is 4.74 Å². The maximum Gasteiger partial charge on any atom is 0.329 e. The Morgan fingerprint density at radius 2 is 2.21 bits per heavy atom. The van der Waals surface area contributed by atoms with Crippen molar-refractivity contribution in [2.24, 2.45) is 0 Å². The van der Waals surface area contributed by atoms with Gasteiger partial charge in [0.1, 0.15) is 12.7 Å². The van der Waals surface area contributed by atoms with Crippen LogP contribution in [0.2, 0.25) is 5.28 Å². The van der Waals surface area contributed by atoms with E-state index < -0.39 is 0 Å². The Bertz CT molecular complexity index is 694. The highest BCUT2D eigenvalue weighted by Crippen LogP contribution is 2.17. The first-order chi connectivity index (χ1) is 9.20. The summed E-state index contributed by atoms with van der Waals surface area (Å²) in [6, 6.07) is 1.73. The molecular formula is C9H7ClN8O. The van der Waals surface area contributed by atoms with Crippen molar-refractivity contribution in [2.45, 2.75) is 6.92 Å². The third-order valence-electron chi connectivity index (χ3n) is 2.08. The van der Waals surface area contributed by atoms with E-state index in [2.05, 4.69) is 35.2 Å². The molecule has 0 radical (unpaired) electrons. The second kappa shape index (κ2) is 4.61. The molecule has 1 N–H and O–H groups in total. The van der Waals surface area contributed by atoms with E-state index in [4.69, 9.17) is 16.3 Å². The van der Waals surface area contributed by atoms with Crippen LogP contribution >= 0.6 is 11.6 Å². The minimum absolute atomic E-state index is 0.0113. The molecule has 19 heavy (non-hydrogen) atoms. The molecule has 0 saturated heterocycles. The lowest BCUT2D eigenvalue weighted by molar-refractivity contribution is 0.420. The van der Waals surface area contributed by atoms with Crippen LogP contribution in [0.4, 0.5) is 0 Å². The van der Waals surface area contributed by atoms with Gasteiger partial charge in [-0.05, 0) is 18.5 Å². The van der Waals surface area contributed by atoms with Crippen molar-refractivity contribution in [3.8, 4) is 17.8 Å². The van der Waals surface area contributed by atoms with Crippen molar-refractivity contribution >= 4 is 11.6 Å². The van der Waals surface area contributed by atoms with Gasteiger partial charge in [0.15, 0.2) is 0 Å². The predicted octanol–water partition coefficient (Wildman–Crippen LogP) is 0.930. The molecule has 0 amide bonds. The van der Waals surface area contributed by atoms with Crippen molar-refractivity contribution in [1.82, 2.24) is 39.9 Å². The van der Waals surface area contributed by atoms with Crippen molar-refractivity contribution < 1.29 is 4.74 Å². The van der Waals surface area contributed by atoms with Gasteiger partial charge in [-0.1, -0.05) is 0 Å². The maximum absolute atomic E-state index is 5.81. The summed E-state index contributed by atoms with van der Waals surface area (Å²) in [5.74, 6) is 0.545. The molecule has 3 heterocycles. The van der Waals surface area contributed by atoms with Crippen molar-refractivity contribution in [2.75, 3.05) is 0 Å². The van der Waals surface area contributed by atoms with Crippen LogP contribution in [0.1, 0.15) is 5.69 Å². The molecule has 96 valence electrons. The fourth-order valence-electron chi connectivity index (χ4n) is 1.32. The molecule has 10 heteroatoms. The van der Waals surface area contributed by atoms with Gasteiger partial charge < -0.3 is 4.74 Å². The Kier molecular flexibility index (Phi) is 2.80. The summed E-state index contributed by atoms with van der Waals surface area (Å²) in [7, 11) is 0. The first-order valence-electron chi connectivity index (χ1n) is 5.17. The van der Waals surface area contributed by atoms with Gasteiger partial charge in [-0.2, -0.15) is 24.7 Å². The normalized spacial score (nSPS) is 10.6. The van der Waals surface area contributed by atoms with Crippen molar-refractivity contribution in [3.05, 3.63) is 29.7 Å². The number of rotatable bonds is 3. The molecule has 0 aliphatic carbocycles. The van der Waals surface area contributed by atoms with E-state index in [0.29, 0.717) is 5.88 Å². The summed E-state index contributed by atoms with van der Waals surface area (Å²) in [6.07, 6.45) is 2.80. The maximum atomic E-state index is 5.81. The predicted molar refractivity (Wildman–Crippen MR) is 63.2 cm³/mol. The number of aromatic amines is 1. The molecule has 3 aromatic rings. The summed E-state index contributed by atoms with van der Waals surface area (Å²) in [4.78, 5) is 15.6. The monoisotopic (exact) mass is 278 g/mol. The minimum atomic E-state index is -0.0113. The molecule has 0 bridgehead atoms. The number of halogens is 1.